The van der Waals surface area contributed by atoms with Crippen molar-refractivity contribution in [3.05, 3.63) is 125 Å². The zero-order valence-electron chi connectivity index (χ0n) is 19.2. The molecule has 3 aromatic carbocycles. The van der Waals surface area contributed by atoms with Crippen LogP contribution in [-0.2, 0) is 19.5 Å². The SMILES string of the molecule is CCc1ccc(C2c3cccn3-c3ccccc3CN2C(=O)NCc2ccc(C)cc2)cc1. The molecule has 1 atom stereocenters. The molecule has 2 heterocycles. The maximum Gasteiger partial charge on any atom is 0.318 e. The lowest BCUT2D eigenvalue weighted by Crippen LogP contribution is -2.41. The summed E-state index contributed by atoms with van der Waals surface area (Å²) >= 11 is 0. The Labute approximate surface area is 195 Å². The van der Waals surface area contributed by atoms with Crippen LogP contribution in [0.25, 0.3) is 5.69 Å². The van der Waals surface area contributed by atoms with E-state index in [1.807, 2.05) is 11.0 Å². The average molecular weight is 436 g/mol. The number of aryl methyl sites for hydroxylation is 2. The molecule has 1 N–H and O–H groups in total. The molecule has 33 heavy (non-hydrogen) atoms. The van der Waals surface area contributed by atoms with Gasteiger partial charge in [0, 0.05) is 18.4 Å². The molecule has 5 rings (SSSR count). The Morgan fingerprint density at radius 2 is 1.64 bits per heavy atom. The molecule has 1 unspecified atom stereocenters. The topological polar surface area (TPSA) is 37.3 Å². The van der Waals surface area contributed by atoms with Gasteiger partial charge in [-0.15, -0.1) is 0 Å². The third-order valence-electron chi connectivity index (χ3n) is 6.49. The Bertz CT molecular complexity index is 1250. The molecular weight excluding hydrogens is 406 g/mol. The Kier molecular flexibility index (Phi) is 5.74. The number of rotatable bonds is 4. The van der Waals surface area contributed by atoms with Gasteiger partial charge in [-0.25, -0.2) is 4.79 Å². The minimum atomic E-state index is -0.184. The number of hydrogen-bond donors (Lipinski definition) is 1. The van der Waals surface area contributed by atoms with E-state index in [1.54, 1.807) is 0 Å². The first-order chi connectivity index (χ1) is 16.1. The number of hydrogen-bond acceptors (Lipinski definition) is 1. The van der Waals surface area contributed by atoms with E-state index in [9.17, 15) is 4.79 Å². The summed E-state index contributed by atoms with van der Waals surface area (Å²) in [6.07, 6.45) is 3.09. The van der Waals surface area contributed by atoms with E-state index in [0.29, 0.717) is 13.1 Å². The van der Waals surface area contributed by atoms with Gasteiger partial charge >= 0.3 is 6.03 Å². The van der Waals surface area contributed by atoms with Gasteiger partial charge in [-0.2, -0.15) is 0 Å². The lowest BCUT2D eigenvalue weighted by molar-refractivity contribution is 0.180. The zero-order valence-corrected chi connectivity index (χ0v) is 19.2. The van der Waals surface area contributed by atoms with Crippen LogP contribution in [0.15, 0.2) is 91.1 Å². The van der Waals surface area contributed by atoms with Gasteiger partial charge in [0.05, 0.1) is 18.3 Å². The minimum Gasteiger partial charge on any atom is -0.334 e. The Morgan fingerprint density at radius 1 is 0.909 bits per heavy atom. The molecule has 0 spiro atoms. The predicted octanol–water partition coefficient (Wildman–Crippen LogP) is 6.16. The standard InChI is InChI=1S/C29H29N3O/c1-3-22-14-16-24(17-15-22)28-27-9-6-18-31(27)26-8-5-4-7-25(26)20-32(28)29(33)30-19-23-12-10-21(2)11-13-23/h4-18,28H,3,19-20H2,1-2H3,(H,30,33). The molecular formula is C29H29N3O. The molecule has 4 aromatic rings. The van der Waals surface area contributed by atoms with E-state index < -0.39 is 0 Å². The van der Waals surface area contributed by atoms with Gasteiger partial charge in [-0.3, -0.25) is 0 Å². The molecule has 0 bridgehead atoms. The highest BCUT2D eigenvalue weighted by Crippen LogP contribution is 2.36. The average Bonchev–Trinajstić information content (AvgIpc) is 3.28. The van der Waals surface area contributed by atoms with Gasteiger partial charge < -0.3 is 14.8 Å². The Balaban J connectivity index is 1.54. The number of urea groups is 1. The second kappa shape index (κ2) is 8.99. The van der Waals surface area contributed by atoms with Crippen molar-refractivity contribution in [3.8, 4) is 5.69 Å². The van der Waals surface area contributed by atoms with E-state index in [1.165, 1.54) is 11.1 Å². The number of fused-ring (bicyclic) bond motifs is 3. The lowest BCUT2D eigenvalue weighted by Gasteiger charge is -2.31. The van der Waals surface area contributed by atoms with Crippen LogP contribution in [0.5, 0.6) is 0 Å². The van der Waals surface area contributed by atoms with E-state index in [-0.39, 0.29) is 12.1 Å². The molecule has 4 heteroatoms. The normalized spacial score (nSPS) is 14.8. The monoisotopic (exact) mass is 435 g/mol. The first-order valence-electron chi connectivity index (χ1n) is 11.6. The van der Waals surface area contributed by atoms with Crippen LogP contribution < -0.4 is 5.32 Å². The van der Waals surface area contributed by atoms with Crippen LogP contribution in [-0.4, -0.2) is 15.5 Å². The van der Waals surface area contributed by atoms with Crippen molar-refractivity contribution in [2.24, 2.45) is 0 Å². The van der Waals surface area contributed by atoms with Crippen LogP contribution in [0.2, 0.25) is 0 Å². The fourth-order valence-corrected chi connectivity index (χ4v) is 4.61. The molecule has 0 radical (unpaired) electrons. The van der Waals surface area contributed by atoms with Crippen LogP contribution in [0.3, 0.4) is 0 Å². The second-order valence-corrected chi connectivity index (χ2v) is 8.70. The lowest BCUT2D eigenvalue weighted by atomic mass is 10.00. The molecule has 2 amide bonds. The molecule has 1 aromatic heterocycles. The maximum absolute atomic E-state index is 13.6. The molecule has 0 aliphatic carbocycles. The highest BCUT2D eigenvalue weighted by molar-refractivity contribution is 5.76. The van der Waals surface area contributed by atoms with Gasteiger partial charge in [0.1, 0.15) is 0 Å². The van der Waals surface area contributed by atoms with Crippen LogP contribution in [0.1, 0.15) is 46.5 Å². The fraction of sp³-hybridized carbons (Fsp3) is 0.207. The maximum atomic E-state index is 13.6. The number of carbonyl (C=O) groups is 1. The first kappa shape index (κ1) is 21.1. The predicted molar refractivity (Wildman–Crippen MR) is 132 cm³/mol. The van der Waals surface area contributed by atoms with E-state index in [2.05, 4.69) is 109 Å². The summed E-state index contributed by atoms with van der Waals surface area (Å²) in [5.41, 5.74) is 8.07. The third-order valence-corrected chi connectivity index (χ3v) is 6.49. The number of aromatic nitrogens is 1. The summed E-state index contributed by atoms with van der Waals surface area (Å²) in [6, 6.07) is 29.2. The fourth-order valence-electron chi connectivity index (χ4n) is 4.61. The smallest absolute Gasteiger partial charge is 0.318 e. The molecule has 0 fully saturated rings. The summed E-state index contributed by atoms with van der Waals surface area (Å²) in [6.45, 7) is 5.27. The number of amides is 2. The van der Waals surface area contributed by atoms with Gasteiger partial charge in [0.2, 0.25) is 0 Å². The highest BCUT2D eigenvalue weighted by atomic mass is 16.2. The van der Waals surface area contributed by atoms with E-state index >= 15 is 0 Å². The number of nitrogens with one attached hydrogen (secondary N) is 1. The second-order valence-electron chi connectivity index (χ2n) is 8.70. The van der Waals surface area contributed by atoms with Crippen LogP contribution >= 0.6 is 0 Å². The van der Waals surface area contributed by atoms with E-state index in [4.69, 9.17) is 0 Å². The number of benzene rings is 3. The molecule has 1 aliphatic rings. The number of carbonyl (C=O) groups excluding carboxylic acids is 1. The molecule has 0 saturated heterocycles. The summed E-state index contributed by atoms with van der Waals surface area (Å²) in [7, 11) is 0. The Hall–Kier alpha value is -3.79. The third kappa shape index (κ3) is 4.17. The summed E-state index contributed by atoms with van der Waals surface area (Å²) in [5.74, 6) is 0. The quantitative estimate of drug-likeness (QED) is 0.409. The molecule has 166 valence electrons. The molecule has 4 nitrogen and oxygen atoms in total. The minimum absolute atomic E-state index is 0.0652. The molecule has 1 aliphatic heterocycles. The Morgan fingerprint density at radius 3 is 2.39 bits per heavy atom. The van der Waals surface area contributed by atoms with Crippen molar-refractivity contribution in [1.82, 2.24) is 14.8 Å². The van der Waals surface area contributed by atoms with Crippen molar-refractivity contribution < 1.29 is 4.79 Å². The summed E-state index contributed by atoms with van der Waals surface area (Å²) in [5, 5.41) is 3.17. The van der Waals surface area contributed by atoms with E-state index in [0.717, 1.165) is 34.5 Å². The largest absolute Gasteiger partial charge is 0.334 e. The van der Waals surface area contributed by atoms with Gasteiger partial charge in [-0.05, 0) is 53.8 Å². The van der Waals surface area contributed by atoms with Crippen molar-refractivity contribution in [3.63, 3.8) is 0 Å². The van der Waals surface area contributed by atoms with Gasteiger partial charge in [-0.1, -0.05) is 79.2 Å². The zero-order chi connectivity index (χ0) is 22.8. The first-order valence-corrected chi connectivity index (χ1v) is 11.6. The highest BCUT2D eigenvalue weighted by Gasteiger charge is 2.32. The van der Waals surface area contributed by atoms with Crippen molar-refractivity contribution in [1.29, 1.82) is 0 Å². The molecule has 0 saturated carbocycles. The van der Waals surface area contributed by atoms with Gasteiger partial charge in [0.15, 0.2) is 0 Å². The summed E-state index contributed by atoms with van der Waals surface area (Å²) in [4.78, 5) is 15.6. The van der Waals surface area contributed by atoms with Crippen molar-refractivity contribution in [2.45, 2.75) is 39.4 Å². The van der Waals surface area contributed by atoms with Crippen molar-refractivity contribution >= 4 is 6.03 Å². The summed E-state index contributed by atoms with van der Waals surface area (Å²) < 4.78 is 2.22. The number of para-hydroxylation sites is 1. The van der Waals surface area contributed by atoms with Crippen LogP contribution in [0.4, 0.5) is 4.79 Å². The number of nitrogens with zero attached hydrogens (tertiary/aromatic N) is 2. The van der Waals surface area contributed by atoms with Gasteiger partial charge in [0.25, 0.3) is 0 Å². The van der Waals surface area contributed by atoms with Crippen molar-refractivity contribution in [2.75, 3.05) is 0 Å². The van der Waals surface area contributed by atoms with Crippen LogP contribution in [0, 0.1) is 6.92 Å².